The van der Waals surface area contributed by atoms with Gasteiger partial charge in [-0.3, -0.25) is 0 Å². The Bertz CT molecular complexity index is 472. The molecule has 17 heavy (non-hydrogen) atoms. The maximum absolute atomic E-state index is 5.45. The van der Waals surface area contributed by atoms with E-state index in [0.717, 1.165) is 18.7 Å². The minimum absolute atomic E-state index is 0.277. The second kappa shape index (κ2) is 5.14. The average Bonchev–Trinajstić information content (AvgIpc) is 2.94. The molecule has 0 aliphatic rings. The van der Waals surface area contributed by atoms with E-state index in [0.29, 0.717) is 17.6 Å². The number of hydrogen-bond donors (Lipinski definition) is 1. The smallest absolute Gasteiger partial charge is 0.240 e. The molecule has 0 spiro atoms. The first-order valence-corrected chi connectivity index (χ1v) is 5.89. The third-order valence-corrected chi connectivity index (χ3v) is 2.65. The first-order valence-electron chi connectivity index (χ1n) is 5.89. The highest BCUT2D eigenvalue weighted by molar-refractivity contribution is 5.49. The van der Waals surface area contributed by atoms with Gasteiger partial charge in [0.15, 0.2) is 0 Å². The van der Waals surface area contributed by atoms with E-state index < -0.39 is 0 Å². The van der Waals surface area contributed by atoms with Crippen LogP contribution < -0.4 is 5.73 Å². The summed E-state index contributed by atoms with van der Waals surface area (Å²) in [5.41, 5.74) is 6.43. The van der Waals surface area contributed by atoms with Crippen LogP contribution in [0.4, 0.5) is 0 Å². The van der Waals surface area contributed by atoms with Gasteiger partial charge in [-0.25, -0.2) is 0 Å². The molecule has 2 aromatic heterocycles. The first kappa shape index (κ1) is 11.9. The van der Waals surface area contributed by atoms with E-state index >= 15 is 0 Å². The van der Waals surface area contributed by atoms with Gasteiger partial charge in [-0.15, -0.1) is 0 Å². The van der Waals surface area contributed by atoms with Crippen LogP contribution in [0.5, 0.6) is 0 Å². The lowest BCUT2D eigenvalue weighted by Crippen LogP contribution is -2.02. The van der Waals surface area contributed by atoms with E-state index in [2.05, 4.69) is 28.6 Å². The maximum atomic E-state index is 5.45. The summed E-state index contributed by atoms with van der Waals surface area (Å²) in [7, 11) is 0. The Balaban J connectivity index is 2.18. The van der Waals surface area contributed by atoms with Gasteiger partial charge in [-0.2, -0.15) is 4.98 Å². The molecule has 2 N–H and O–H groups in total. The van der Waals surface area contributed by atoms with Crippen LogP contribution in [0.15, 0.2) is 22.9 Å². The maximum Gasteiger partial charge on any atom is 0.240 e. The lowest BCUT2D eigenvalue weighted by Gasteiger charge is -2.08. The molecule has 2 heterocycles. The molecule has 0 saturated carbocycles. The highest BCUT2D eigenvalue weighted by Crippen LogP contribution is 2.18. The SMILES string of the molecule is CC(C)CCn1cccc1-c1noc(CN)n1. The van der Waals surface area contributed by atoms with Crippen molar-refractivity contribution in [2.75, 3.05) is 0 Å². The molecule has 92 valence electrons. The van der Waals surface area contributed by atoms with Crippen molar-refractivity contribution in [3.8, 4) is 11.5 Å². The molecule has 0 aromatic carbocycles. The molecule has 2 aromatic rings. The third-order valence-electron chi connectivity index (χ3n) is 2.65. The van der Waals surface area contributed by atoms with E-state index in [1.54, 1.807) is 0 Å². The molecule has 0 unspecified atom stereocenters. The summed E-state index contributed by atoms with van der Waals surface area (Å²) in [6.07, 6.45) is 3.17. The third kappa shape index (κ3) is 2.74. The first-order chi connectivity index (χ1) is 8.20. The summed E-state index contributed by atoms with van der Waals surface area (Å²) in [6, 6.07) is 3.99. The van der Waals surface area contributed by atoms with Gasteiger partial charge in [0.2, 0.25) is 11.7 Å². The van der Waals surface area contributed by atoms with Gasteiger partial charge < -0.3 is 14.8 Å². The molecule has 0 atom stereocenters. The van der Waals surface area contributed by atoms with Crippen molar-refractivity contribution in [3.63, 3.8) is 0 Å². The van der Waals surface area contributed by atoms with E-state index in [-0.39, 0.29) is 6.54 Å². The van der Waals surface area contributed by atoms with E-state index in [1.807, 2.05) is 18.3 Å². The van der Waals surface area contributed by atoms with E-state index in [9.17, 15) is 0 Å². The Labute approximate surface area is 101 Å². The van der Waals surface area contributed by atoms with Crippen molar-refractivity contribution in [3.05, 3.63) is 24.2 Å². The summed E-state index contributed by atoms with van der Waals surface area (Å²) < 4.78 is 7.16. The quantitative estimate of drug-likeness (QED) is 0.859. The molecular formula is C12H18N4O. The van der Waals surface area contributed by atoms with Crippen LogP contribution >= 0.6 is 0 Å². The molecule has 2 rings (SSSR count). The number of aryl methyl sites for hydroxylation is 1. The summed E-state index contributed by atoms with van der Waals surface area (Å²) in [5, 5.41) is 3.93. The standard InChI is InChI=1S/C12H18N4O/c1-9(2)5-7-16-6-3-4-10(16)12-14-11(8-13)17-15-12/h3-4,6,9H,5,7-8,13H2,1-2H3. The monoisotopic (exact) mass is 234 g/mol. The fourth-order valence-corrected chi connectivity index (χ4v) is 1.65. The number of aromatic nitrogens is 3. The van der Waals surface area contributed by atoms with Crippen LogP contribution in [0.2, 0.25) is 0 Å². The van der Waals surface area contributed by atoms with Crippen molar-refractivity contribution in [2.24, 2.45) is 11.7 Å². The van der Waals surface area contributed by atoms with Gasteiger partial charge in [0.1, 0.15) is 0 Å². The number of rotatable bonds is 5. The van der Waals surface area contributed by atoms with Crippen molar-refractivity contribution >= 4 is 0 Å². The Morgan fingerprint density at radius 1 is 1.47 bits per heavy atom. The minimum atomic E-state index is 0.277. The number of nitrogens with zero attached hydrogens (tertiary/aromatic N) is 3. The largest absolute Gasteiger partial charge is 0.345 e. The zero-order valence-electron chi connectivity index (χ0n) is 10.3. The molecule has 0 saturated heterocycles. The molecule has 0 fully saturated rings. The molecule has 0 amide bonds. The van der Waals surface area contributed by atoms with Crippen LogP contribution in [0, 0.1) is 5.92 Å². The van der Waals surface area contributed by atoms with Crippen molar-refractivity contribution in [1.82, 2.24) is 14.7 Å². The molecule has 0 aliphatic heterocycles. The molecule has 5 heteroatoms. The minimum Gasteiger partial charge on any atom is -0.345 e. The van der Waals surface area contributed by atoms with Crippen molar-refractivity contribution in [1.29, 1.82) is 0 Å². The summed E-state index contributed by atoms with van der Waals surface area (Å²) in [5.74, 6) is 1.76. The topological polar surface area (TPSA) is 69.9 Å². The highest BCUT2D eigenvalue weighted by Gasteiger charge is 2.11. The Hall–Kier alpha value is -1.62. The molecule has 0 aliphatic carbocycles. The van der Waals surface area contributed by atoms with Crippen LogP contribution in [0.1, 0.15) is 26.2 Å². The molecular weight excluding hydrogens is 216 g/mol. The average molecular weight is 234 g/mol. The number of nitrogens with two attached hydrogens (primary N) is 1. The summed E-state index contributed by atoms with van der Waals surface area (Å²) in [4.78, 5) is 4.24. The molecule has 0 bridgehead atoms. The second-order valence-electron chi connectivity index (χ2n) is 4.49. The van der Waals surface area contributed by atoms with Gasteiger partial charge in [-0.1, -0.05) is 19.0 Å². The summed E-state index contributed by atoms with van der Waals surface area (Å²) in [6.45, 7) is 5.67. The van der Waals surface area contributed by atoms with Gasteiger partial charge in [0.25, 0.3) is 0 Å². The Kier molecular flexibility index (Phi) is 3.58. The normalized spacial score (nSPS) is 11.3. The van der Waals surface area contributed by atoms with Crippen LogP contribution in [-0.4, -0.2) is 14.7 Å². The predicted molar refractivity (Wildman–Crippen MR) is 65.1 cm³/mol. The van der Waals surface area contributed by atoms with Crippen molar-refractivity contribution in [2.45, 2.75) is 33.4 Å². The number of hydrogen-bond acceptors (Lipinski definition) is 4. The molecule has 5 nitrogen and oxygen atoms in total. The Morgan fingerprint density at radius 3 is 2.94 bits per heavy atom. The van der Waals surface area contributed by atoms with Crippen molar-refractivity contribution < 1.29 is 4.52 Å². The Morgan fingerprint density at radius 2 is 2.29 bits per heavy atom. The van der Waals surface area contributed by atoms with Gasteiger partial charge in [0, 0.05) is 12.7 Å². The van der Waals surface area contributed by atoms with Crippen LogP contribution in [-0.2, 0) is 13.1 Å². The highest BCUT2D eigenvalue weighted by atomic mass is 16.5. The molecule has 0 radical (unpaired) electrons. The fourth-order valence-electron chi connectivity index (χ4n) is 1.65. The predicted octanol–water partition coefficient (Wildman–Crippen LogP) is 2.04. The van der Waals surface area contributed by atoms with Crippen LogP contribution in [0.3, 0.4) is 0 Å². The van der Waals surface area contributed by atoms with Crippen LogP contribution in [0.25, 0.3) is 11.5 Å². The summed E-state index contributed by atoms with van der Waals surface area (Å²) >= 11 is 0. The zero-order valence-corrected chi connectivity index (χ0v) is 10.3. The van der Waals surface area contributed by atoms with Gasteiger partial charge in [-0.05, 0) is 24.5 Å². The second-order valence-corrected chi connectivity index (χ2v) is 4.49. The lowest BCUT2D eigenvalue weighted by molar-refractivity contribution is 0.380. The van der Waals surface area contributed by atoms with Gasteiger partial charge >= 0.3 is 0 Å². The van der Waals surface area contributed by atoms with E-state index in [4.69, 9.17) is 10.3 Å². The fraction of sp³-hybridized carbons (Fsp3) is 0.500. The zero-order chi connectivity index (χ0) is 12.3. The van der Waals surface area contributed by atoms with Gasteiger partial charge in [0.05, 0.1) is 12.2 Å². The lowest BCUT2D eigenvalue weighted by atomic mass is 10.1. The van der Waals surface area contributed by atoms with E-state index in [1.165, 1.54) is 0 Å².